The van der Waals surface area contributed by atoms with Crippen LogP contribution in [0.3, 0.4) is 0 Å². The van der Waals surface area contributed by atoms with Crippen LogP contribution >= 0.6 is 11.8 Å². The van der Waals surface area contributed by atoms with Crippen molar-refractivity contribution in [2.75, 3.05) is 11.5 Å². The van der Waals surface area contributed by atoms with E-state index in [1.807, 2.05) is 11.8 Å². The minimum absolute atomic E-state index is 0.361. The maximum absolute atomic E-state index is 5.33. The van der Waals surface area contributed by atoms with Crippen molar-refractivity contribution in [2.24, 2.45) is 5.92 Å². The van der Waals surface area contributed by atoms with E-state index in [1.54, 1.807) is 6.26 Å². The fraction of sp³-hybridized carbons (Fsp3) is 0.778. The average molecular weight is 172 g/mol. The molecule has 0 amide bonds. The van der Waals surface area contributed by atoms with Crippen LogP contribution in [0.1, 0.15) is 19.8 Å². The lowest BCUT2D eigenvalue weighted by molar-refractivity contribution is 0.107. The van der Waals surface area contributed by atoms with Gasteiger partial charge in [-0.1, -0.05) is 6.58 Å². The van der Waals surface area contributed by atoms with Crippen molar-refractivity contribution < 1.29 is 4.74 Å². The molecule has 0 N–H and O–H groups in total. The van der Waals surface area contributed by atoms with Gasteiger partial charge in [0, 0.05) is 5.92 Å². The van der Waals surface area contributed by atoms with Crippen molar-refractivity contribution >= 4 is 11.8 Å². The summed E-state index contributed by atoms with van der Waals surface area (Å²) in [5.74, 6) is 3.33. The van der Waals surface area contributed by atoms with E-state index in [0.29, 0.717) is 6.10 Å². The zero-order valence-electron chi connectivity index (χ0n) is 7.08. The molecule has 0 aromatic rings. The Morgan fingerprint density at radius 2 is 2.55 bits per heavy atom. The Bertz CT molecular complexity index is 119. The molecule has 1 nitrogen and oxygen atoms in total. The first-order valence-corrected chi connectivity index (χ1v) is 5.34. The van der Waals surface area contributed by atoms with Gasteiger partial charge in [0.2, 0.25) is 0 Å². The maximum Gasteiger partial charge on any atom is 0.0986 e. The predicted octanol–water partition coefficient (Wildman–Crippen LogP) is 2.68. The van der Waals surface area contributed by atoms with Crippen LogP contribution in [-0.4, -0.2) is 17.6 Å². The van der Waals surface area contributed by atoms with Crippen molar-refractivity contribution in [3.05, 3.63) is 12.8 Å². The Morgan fingerprint density at radius 3 is 3.09 bits per heavy atom. The molecule has 2 heteroatoms. The third-order valence-corrected chi connectivity index (χ3v) is 3.41. The molecule has 1 aliphatic rings. The number of ether oxygens (including phenoxy) is 1. The van der Waals surface area contributed by atoms with Gasteiger partial charge < -0.3 is 4.74 Å². The highest BCUT2D eigenvalue weighted by molar-refractivity contribution is 7.99. The molecule has 0 aromatic heterocycles. The van der Waals surface area contributed by atoms with Gasteiger partial charge in [-0.25, -0.2) is 0 Å². The summed E-state index contributed by atoms with van der Waals surface area (Å²) in [6.45, 7) is 5.70. The first-order valence-electron chi connectivity index (χ1n) is 4.18. The minimum Gasteiger partial charge on any atom is -0.499 e. The first-order chi connectivity index (χ1) is 5.34. The highest BCUT2D eigenvalue weighted by Gasteiger charge is 2.20. The second kappa shape index (κ2) is 4.70. The molecule has 0 aromatic carbocycles. The van der Waals surface area contributed by atoms with E-state index in [2.05, 4.69) is 13.5 Å². The van der Waals surface area contributed by atoms with Crippen LogP contribution in [0.15, 0.2) is 12.8 Å². The molecule has 0 radical (unpaired) electrons. The Balaban J connectivity index is 2.26. The van der Waals surface area contributed by atoms with Crippen LogP contribution in [0, 0.1) is 5.92 Å². The highest BCUT2D eigenvalue weighted by atomic mass is 32.2. The van der Waals surface area contributed by atoms with Gasteiger partial charge in [0.25, 0.3) is 0 Å². The van der Waals surface area contributed by atoms with Gasteiger partial charge in [0.1, 0.15) is 0 Å². The maximum atomic E-state index is 5.33. The summed E-state index contributed by atoms with van der Waals surface area (Å²) in [5, 5.41) is 0. The molecule has 1 saturated heterocycles. The second-order valence-electron chi connectivity index (χ2n) is 2.99. The molecule has 0 spiro atoms. The van der Waals surface area contributed by atoms with Gasteiger partial charge in [0.05, 0.1) is 12.4 Å². The number of thioether (sulfide) groups is 1. The fourth-order valence-electron chi connectivity index (χ4n) is 1.40. The Labute approximate surface area is 73.2 Å². The molecular weight excluding hydrogens is 156 g/mol. The van der Waals surface area contributed by atoms with Crippen LogP contribution in [0.5, 0.6) is 0 Å². The monoisotopic (exact) mass is 172 g/mol. The lowest BCUT2D eigenvalue weighted by Gasteiger charge is -2.26. The van der Waals surface area contributed by atoms with Crippen molar-refractivity contribution in [1.82, 2.24) is 0 Å². The quantitative estimate of drug-likeness (QED) is 0.605. The molecular formula is C9H16OS. The van der Waals surface area contributed by atoms with E-state index in [1.165, 1.54) is 24.3 Å². The molecule has 1 fully saturated rings. The van der Waals surface area contributed by atoms with Crippen LogP contribution in [-0.2, 0) is 4.74 Å². The van der Waals surface area contributed by atoms with Crippen molar-refractivity contribution in [1.29, 1.82) is 0 Å². The third kappa shape index (κ3) is 2.78. The molecule has 0 saturated carbocycles. The second-order valence-corrected chi connectivity index (χ2v) is 4.13. The van der Waals surface area contributed by atoms with Crippen LogP contribution in [0.2, 0.25) is 0 Å². The van der Waals surface area contributed by atoms with Crippen LogP contribution < -0.4 is 0 Å². The molecule has 11 heavy (non-hydrogen) atoms. The van der Waals surface area contributed by atoms with E-state index < -0.39 is 0 Å². The van der Waals surface area contributed by atoms with Crippen LogP contribution in [0.25, 0.3) is 0 Å². The lowest BCUT2D eigenvalue weighted by atomic mass is 10.00. The molecule has 1 rings (SSSR count). The molecule has 64 valence electrons. The Kier molecular flexibility index (Phi) is 3.84. The largest absolute Gasteiger partial charge is 0.499 e. The number of rotatable bonds is 3. The standard InChI is InChI=1S/C9H16OS/c1-3-10-8(2)9-5-4-6-11-7-9/h3,8-9H,1,4-7H2,2H3. The van der Waals surface area contributed by atoms with Gasteiger partial charge in [-0.05, 0) is 31.3 Å². The van der Waals surface area contributed by atoms with Crippen LogP contribution in [0.4, 0.5) is 0 Å². The molecule has 0 aliphatic carbocycles. The fourth-order valence-corrected chi connectivity index (χ4v) is 2.68. The predicted molar refractivity (Wildman–Crippen MR) is 50.8 cm³/mol. The van der Waals surface area contributed by atoms with Crippen molar-refractivity contribution in [3.8, 4) is 0 Å². The van der Waals surface area contributed by atoms with Gasteiger partial charge in [-0.15, -0.1) is 0 Å². The van der Waals surface area contributed by atoms with Crippen molar-refractivity contribution in [3.63, 3.8) is 0 Å². The summed E-state index contributed by atoms with van der Waals surface area (Å²) < 4.78 is 5.33. The van der Waals surface area contributed by atoms with E-state index >= 15 is 0 Å². The third-order valence-electron chi connectivity index (χ3n) is 2.17. The first kappa shape index (κ1) is 8.98. The van der Waals surface area contributed by atoms with Gasteiger partial charge in [-0.3, -0.25) is 0 Å². The van der Waals surface area contributed by atoms with E-state index in [4.69, 9.17) is 4.74 Å². The molecule has 2 unspecified atom stereocenters. The minimum atomic E-state index is 0.361. The summed E-state index contributed by atoms with van der Waals surface area (Å²) in [6.07, 6.45) is 4.59. The highest BCUT2D eigenvalue weighted by Crippen LogP contribution is 2.26. The van der Waals surface area contributed by atoms with Gasteiger partial charge >= 0.3 is 0 Å². The molecule has 1 heterocycles. The molecule has 0 bridgehead atoms. The van der Waals surface area contributed by atoms with E-state index in [0.717, 1.165) is 5.92 Å². The van der Waals surface area contributed by atoms with E-state index in [-0.39, 0.29) is 0 Å². The summed E-state index contributed by atoms with van der Waals surface area (Å²) in [7, 11) is 0. The summed E-state index contributed by atoms with van der Waals surface area (Å²) in [5.41, 5.74) is 0. The van der Waals surface area contributed by atoms with E-state index in [9.17, 15) is 0 Å². The molecule has 2 atom stereocenters. The normalized spacial score (nSPS) is 27.5. The topological polar surface area (TPSA) is 9.23 Å². The van der Waals surface area contributed by atoms with Gasteiger partial charge in [-0.2, -0.15) is 11.8 Å². The lowest BCUT2D eigenvalue weighted by Crippen LogP contribution is -2.24. The Morgan fingerprint density at radius 1 is 1.73 bits per heavy atom. The smallest absolute Gasteiger partial charge is 0.0986 e. The summed E-state index contributed by atoms with van der Waals surface area (Å²) in [6, 6.07) is 0. The summed E-state index contributed by atoms with van der Waals surface area (Å²) in [4.78, 5) is 0. The number of hydrogen-bond acceptors (Lipinski definition) is 2. The molecule has 1 aliphatic heterocycles. The zero-order chi connectivity index (χ0) is 8.10. The SMILES string of the molecule is C=COC(C)C1CCCSC1. The Hall–Kier alpha value is -0.110. The summed E-state index contributed by atoms with van der Waals surface area (Å²) >= 11 is 2.04. The van der Waals surface area contributed by atoms with Crippen molar-refractivity contribution in [2.45, 2.75) is 25.9 Å². The zero-order valence-corrected chi connectivity index (χ0v) is 7.90. The van der Waals surface area contributed by atoms with Gasteiger partial charge in [0.15, 0.2) is 0 Å². The number of hydrogen-bond donors (Lipinski definition) is 0. The average Bonchev–Trinajstić information content (AvgIpc) is 2.07.